The number of aromatic amines is 1. The van der Waals surface area contributed by atoms with Crippen molar-refractivity contribution in [3.05, 3.63) is 18.2 Å². The molecule has 0 bridgehead atoms. The first-order chi connectivity index (χ1) is 17.5. The molecule has 208 valence electrons. The first-order valence-corrected chi connectivity index (χ1v) is 13.3. The summed E-state index contributed by atoms with van der Waals surface area (Å²) >= 11 is 1.54. The molecule has 0 saturated heterocycles. The maximum atomic E-state index is 13.3. The molecule has 0 saturated carbocycles. The summed E-state index contributed by atoms with van der Waals surface area (Å²) in [7, 11) is 0. The highest BCUT2D eigenvalue weighted by atomic mass is 32.2. The second kappa shape index (κ2) is 16.4. The normalized spacial score (nSPS) is 14.2. The topological polar surface area (TPSA) is 244 Å². The molecule has 4 unspecified atom stereocenters. The minimum atomic E-state index is -1.20. The molecule has 14 nitrogen and oxygen atoms in total. The zero-order valence-electron chi connectivity index (χ0n) is 21.4. The molecule has 0 aliphatic rings. The Morgan fingerprint density at radius 3 is 2.27 bits per heavy atom. The lowest BCUT2D eigenvalue weighted by atomic mass is 10.0. The number of thioether (sulfide) groups is 1. The molecule has 0 radical (unpaired) electrons. The number of carboxylic acids is 1. The summed E-state index contributed by atoms with van der Waals surface area (Å²) in [5, 5.41) is 17.2. The van der Waals surface area contributed by atoms with Crippen LogP contribution in [-0.2, 0) is 25.6 Å². The fourth-order valence-electron chi connectivity index (χ4n) is 3.29. The molecule has 0 spiro atoms. The molecule has 0 aliphatic carbocycles. The number of carbonyl (C=O) groups excluding carboxylic acids is 3. The third-order valence-corrected chi connectivity index (χ3v) is 6.03. The number of aromatic nitrogens is 2. The fraction of sp³-hybridized carbons (Fsp3) is 0.636. The molecule has 11 N–H and O–H groups in total. The van der Waals surface area contributed by atoms with Gasteiger partial charge < -0.3 is 43.2 Å². The van der Waals surface area contributed by atoms with Gasteiger partial charge in [-0.25, -0.2) is 9.78 Å². The van der Waals surface area contributed by atoms with Crippen molar-refractivity contribution in [2.75, 3.05) is 18.6 Å². The van der Waals surface area contributed by atoms with Crippen LogP contribution in [0.4, 0.5) is 0 Å². The molecule has 1 aromatic heterocycles. The van der Waals surface area contributed by atoms with Crippen LogP contribution in [0.3, 0.4) is 0 Å². The van der Waals surface area contributed by atoms with E-state index in [4.69, 9.17) is 17.2 Å². The number of rotatable bonds is 17. The van der Waals surface area contributed by atoms with Crippen molar-refractivity contribution in [2.24, 2.45) is 28.1 Å². The summed E-state index contributed by atoms with van der Waals surface area (Å²) in [5.74, 6) is -2.86. The second-order valence-corrected chi connectivity index (χ2v) is 9.79. The first kappa shape index (κ1) is 31.7. The van der Waals surface area contributed by atoms with Crippen LogP contribution >= 0.6 is 11.8 Å². The highest BCUT2D eigenvalue weighted by Gasteiger charge is 2.31. The van der Waals surface area contributed by atoms with Gasteiger partial charge in [0.1, 0.15) is 18.1 Å². The summed E-state index contributed by atoms with van der Waals surface area (Å²) in [6.07, 6.45) is 5.79. The highest BCUT2D eigenvalue weighted by Crippen LogP contribution is 2.07. The number of aliphatic imine (C=N–C) groups is 1. The van der Waals surface area contributed by atoms with E-state index in [0.717, 1.165) is 0 Å². The zero-order valence-corrected chi connectivity index (χ0v) is 22.2. The summed E-state index contributed by atoms with van der Waals surface area (Å²) in [4.78, 5) is 61.2. The number of carboxylic acid groups (broad SMARTS) is 1. The van der Waals surface area contributed by atoms with E-state index in [1.807, 2.05) is 6.26 Å². The van der Waals surface area contributed by atoms with Gasteiger partial charge in [-0.2, -0.15) is 11.8 Å². The van der Waals surface area contributed by atoms with Crippen LogP contribution in [0.15, 0.2) is 17.5 Å². The predicted octanol–water partition coefficient (Wildman–Crippen LogP) is -1.72. The lowest BCUT2D eigenvalue weighted by Gasteiger charge is -2.26. The Labute approximate surface area is 220 Å². The number of hydrogen-bond acceptors (Lipinski definition) is 8. The van der Waals surface area contributed by atoms with Gasteiger partial charge in [0.2, 0.25) is 17.7 Å². The SMILES string of the molecule is CSCCC(N)C(=O)NC(Cc1cnc[nH]1)C(=O)NC(CCCN=C(N)N)C(=O)NC(C(=O)O)C(C)C. The molecular weight excluding hydrogens is 502 g/mol. The quantitative estimate of drug-likeness (QED) is 0.0629. The number of imidazole rings is 1. The van der Waals surface area contributed by atoms with E-state index in [2.05, 4.69) is 30.9 Å². The maximum absolute atomic E-state index is 13.3. The van der Waals surface area contributed by atoms with Gasteiger partial charge >= 0.3 is 5.97 Å². The fourth-order valence-corrected chi connectivity index (χ4v) is 3.78. The number of H-pyrrole nitrogens is 1. The van der Waals surface area contributed by atoms with Crippen LogP contribution in [0.5, 0.6) is 0 Å². The second-order valence-electron chi connectivity index (χ2n) is 8.81. The van der Waals surface area contributed by atoms with E-state index in [9.17, 15) is 24.3 Å². The van der Waals surface area contributed by atoms with Crippen molar-refractivity contribution in [1.29, 1.82) is 0 Å². The smallest absolute Gasteiger partial charge is 0.326 e. The molecule has 3 amide bonds. The van der Waals surface area contributed by atoms with Crippen LogP contribution in [0.25, 0.3) is 0 Å². The summed E-state index contributed by atoms with van der Waals surface area (Å²) in [5.41, 5.74) is 17.2. The summed E-state index contributed by atoms with van der Waals surface area (Å²) in [6, 6.07) is -4.14. The third-order valence-electron chi connectivity index (χ3n) is 5.39. The van der Waals surface area contributed by atoms with Gasteiger partial charge in [-0.15, -0.1) is 0 Å². The monoisotopic (exact) mass is 541 g/mol. The summed E-state index contributed by atoms with van der Waals surface area (Å²) < 4.78 is 0. The minimum Gasteiger partial charge on any atom is -0.480 e. The molecular formula is C22H39N9O5S. The number of aliphatic carboxylic acids is 1. The number of nitrogens with one attached hydrogen (secondary N) is 4. The van der Waals surface area contributed by atoms with Crippen LogP contribution in [0.1, 0.15) is 38.8 Å². The van der Waals surface area contributed by atoms with Gasteiger partial charge in [-0.1, -0.05) is 13.8 Å². The lowest BCUT2D eigenvalue weighted by Crippen LogP contribution is -2.58. The molecule has 1 rings (SSSR count). The van der Waals surface area contributed by atoms with E-state index < -0.39 is 53.8 Å². The minimum absolute atomic E-state index is 0.0684. The van der Waals surface area contributed by atoms with Gasteiger partial charge in [0.05, 0.1) is 12.4 Å². The number of guanidine groups is 1. The van der Waals surface area contributed by atoms with Crippen LogP contribution in [0.2, 0.25) is 0 Å². The van der Waals surface area contributed by atoms with Gasteiger partial charge in [0, 0.05) is 24.9 Å². The van der Waals surface area contributed by atoms with E-state index in [1.165, 1.54) is 12.5 Å². The molecule has 0 fully saturated rings. The largest absolute Gasteiger partial charge is 0.480 e. The van der Waals surface area contributed by atoms with E-state index in [1.54, 1.807) is 25.6 Å². The average Bonchev–Trinajstić information content (AvgIpc) is 3.34. The van der Waals surface area contributed by atoms with Crippen LogP contribution < -0.4 is 33.2 Å². The van der Waals surface area contributed by atoms with Gasteiger partial charge in [0.25, 0.3) is 0 Å². The Bertz CT molecular complexity index is 906. The first-order valence-electron chi connectivity index (χ1n) is 11.9. The molecule has 37 heavy (non-hydrogen) atoms. The Morgan fingerprint density at radius 1 is 1.08 bits per heavy atom. The number of carbonyl (C=O) groups is 4. The van der Waals surface area contributed by atoms with Gasteiger partial charge in [-0.3, -0.25) is 19.4 Å². The van der Waals surface area contributed by atoms with Crippen molar-refractivity contribution in [2.45, 2.75) is 63.7 Å². The zero-order chi connectivity index (χ0) is 28.0. The van der Waals surface area contributed by atoms with Crippen molar-refractivity contribution in [3.63, 3.8) is 0 Å². The van der Waals surface area contributed by atoms with E-state index in [0.29, 0.717) is 24.3 Å². The number of nitrogens with zero attached hydrogens (tertiary/aromatic N) is 2. The van der Waals surface area contributed by atoms with Crippen molar-refractivity contribution < 1.29 is 24.3 Å². The van der Waals surface area contributed by atoms with Crippen molar-refractivity contribution >= 4 is 41.4 Å². The van der Waals surface area contributed by atoms with Crippen molar-refractivity contribution in [1.82, 2.24) is 25.9 Å². The Hall–Kier alpha value is -3.33. The molecule has 15 heteroatoms. The standard InChI is InChI=1S/C22H39N9O5S/c1-12(2)17(21(35)36)31-19(33)15(5-4-7-27-22(24)25)29-20(34)16(9-13-10-26-11-28-13)30-18(32)14(23)6-8-37-3/h10-12,14-17H,4-9,23H2,1-3H3,(H,26,28)(H,29,34)(H,30,32)(H,31,33)(H,35,36)(H4,24,25,27). The van der Waals surface area contributed by atoms with Crippen LogP contribution in [0, 0.1) is 5.92 Å². The molecule has 0 aliphatic heterocycles. The highest BCUT2D eigenvalue weighted by molar-refractivity contribution is 7.98. The van der Waals surface area contributed by atoms with E-state index in [-0.39, 0.29) is 25.3 Å². The molecule has 1 aromatic rings. The average molecular weight is 542 g/mol. The Morgan fingerprint density at radius 2 is 1.73 bits per heavy atom. The Kier molecular flexibility index (Phi) is 14.1. The lowest BCUT2D eigenvalue weighted by molar-refractivity contribution is -0.143. The molecule has 0 aromatic carbocycles. The molecule has 4 atom stereocenters. The van der Waals surface area contributed by atoms with Crippen LogP contribution in [-0.4, -0.2) is 87.4 Å². The number of nitrogens with two attached hydrogens (primary N) is 3. The maximum Gasteiger partial charge on any atom is 0.326 e. The number of amides is 3. The Balaban J connectivity index is 3.07. The predicted molar refractivity (Wildman–Crippen MR) is 141 cm³/mol. The van der Waals surface area contributed by atoms with Crippen molar-refractivity contribution in [3.8, 4) is 0 Å². The van der Waals surface area contributed by atoms with Gasteiger partial charge in [0.15, 0.2) is 5.96 Å². The summed E-state index contributed by atoms with van der Waals surface area (Å²) in [6.45, 7) is 3.51. The van der Waals surface area contributed by atoms with Gasteiger partial charge in [-0.05, 0) is 37.2 Å². The third kappa shape index (κ3) is 12.0. The van der Waals surface area contributed by atoms with E-state index >= 15 is 0 Å². The number of hydrogen-bond donors (Lipinski definition) is 8. The molecule has 1 heterocycles.